The molecule has 102 valence electrons. The van der Waals surface area contributed by atoms with Gasteiger partial charge in [0.1, 0.15) is 11.5 Å². The average Bonchev–Trinajstić information content (AvgIpc) is 2.17. The number of hydrogen-bond donors (Lipinski definition) is 2. The van der Waals surface area contributed by atoms with Crippen molar-refractivity contribution in [2.75, 3.05) is 0 Å². The lowest BCUT2D eigenvalue weighted by molar-refractivity contribution is -0.274. The van der Waals surface area contributed by atoms with Crippen molar-refractivity contribution < 1.29 is 23.0 Å². The largest absolute Gasteiger partial charge is 0.573 e. The number of aromatic hydroxyl groups is 1. The highest BCUT2D eigenvalue weighted by Crippen LogP contribution is 2.32. The molecule has 18 heavy (non-hydrogen) atoms. The van der Waals surface area contributed by atoms with Crippen LogP contribution in [0.25, 0.3) is 0 Å². The molecule has 0 radical (unpaired) electrons. The maximum Gasteiger partial charge on any atom is 0.573 e. The van der Waals surface area contributed by atoms with Crippen molar-refractivity contribution in [3.63, 3.8) is 0 Å². The summed E-state index contributed by atoms with van der Waals surface area (Å²) in [5.41, 5.74) is 6.09. The van der Waals surface area contributed by atoms with E-state index in [0.717, 1.165) is 18.2 Å². The number of ether oxygens (including phenoxy) is 1. The van der Waals surface area contributed by atoms with E-state index in [0.29, 0.717) is 6.42 Å². The van der Waals surface area contributed by atoms with Crippen molar-refractivity contribution in [2.24, 2.45) is 11.7 Å². The van der Waals surface area contributed by atoms with Gasteiger partial charge >= 0.3 is 6.36 Å². The summed E-state index contributed by atoms with van der Waals surface area (Å²) in [6.07, 6.45) is -4.20. The lowest BCUT2D eigenvalue weighted by atomic mass is 9.97. The zero-order valence-electron chi connectivity index (χ0n) is 10.2. The zero-order chi connectivity index (χ0) is 13.9. The van der Waals surface area contributed by atoms with E-state index in [1.54, 1.807) is 0 Å². The number of phenolic OH excluding ortho intramolecular Hbond substituents is 1. The van der Waals surface area contributed by atoms with Gasteiger partial charge < -0.3 is 15.6 Å². The normalized spacial score (nSPS) is 13.7. The van der Waals surface area contributed by atoms with Crippen LogP contribution in [-0.2, 0) is 0 Å². The highest BCUT2D eigenvalue weighted by atomic mass is 19.4. The second-order valence-electron chi connectivity index (χ2n) is 4.50. The Hall–Kier alpha value is -1.43. The molecule has 1 aromatic carbocycles. The van der Waals surface area contributed by atoms with Gasteiger partial charge in [0.05, 0.1) is 0 Å². The Kier molecular flexibility index (Phi) is 4.45. The molecule has 3 nitrogen and oxygen atoms in total. The molecular formula is C12H16F3NO2. The monoisotopic (exact) mass is 263 g/mol. The first-order chi connectivity index (χ1) is 8.19. The van der Waals surface area contributed by atoms with Gasteiger partial charge in [-0.1, -0.05) is 13.8 Å². The fourth-order valence-corrected chi connectivity index (χ4v) is 1.66. The van der Waals surface area contributed by atoms with E-state index in [9.17, 15) is 18.3 Å². The predicted octanol–water partition coefficient (Wildman–Crippen LogP) is 3.34. The second-order valence-corrected chi connectivity index (χ2v) is 4.50. The SMILES string of the molecule is CC(C)C[C@H](N)c1cc(OC(F)(F)F)ccc1O. The number of nitrogens with two attached hydrogens (primary N) is 1. The highest BCUT2D eigenvalue weighted by Gasteiger charge is 2.31. The van der Waals surface area contributed by atoms with Gasteiger partial charge in [-0.25, -0.2) is 0 Å². The van der Waals surface area contributed by atoms with Crippen molar-refractivity contribution in [3.05, 3.63) is 23.8 Å². The number of rotatable bonds is 4. The van der Waals surface area contributed by atoms with E-state index in [-0.39, 0.29) is 23.0 Å². The summed E-state index contributed by atoms with van der Waals surface area (Å²) in [6, 6.07) is 2.79. The van der Waals surface area contributed by atoms with Gasteiger partial charge in [0.2, 0.25) is 0 Å². The number of alkyl halides is 3. The van der Waals surface area contributed by atoms with Crippen molar-refractivity contribution in [2.45, 2.75) is 32.7 Å². The van der Waals surface area contributed by atoms with E-state index in [2.05, 4.69) is 4.74 Å². The molecule has 0 heterocycles. The molecule has 0 unspecified atom stereocenters. The van der Waals surface area contributed by atoms with Gasteiger partial charge in [0, 0.05) is 11.6 Å². The Morgan fingerprint density at radius 2 is 1.94 bits per heavy atom. The van der Waals surface area contributed by atoms with Crippen LogP contribution in [0.5, 0.6) is 11.5 Å². The van der Waals surface area contributed by atoms with Crippen LogP contribution in [0.4, 0.5) is 13.2 Å². The summed E-state index contributed by atoms with van der Waals surface area (Å²) in [4.78, 5) is 0. The first kappa shape index (κ1) is 14.6. The minimum absolute atomic E-state index is 0.127. The van der Waals surface area contributed by atoms with Gasteiger partial charge in [-0.15, -0.1) is 13.2 Å². The van der Waals surface area contributed by atoms with E-state index in [1.807, 2.05) is 13.8 Å². The zero-order valence-corrected chi connectivity index (χ0v) is 10.2. The predicted molar refractivity (Wildman–Crippen MR) is 61.2 cm³/mol. The number of hydrogen-bond acceptors (Lipinski definition) is 3. The van der Waals surface area contributed by atoms with Crippen LogP contribution in [0.15, 0.2) is 18.2 Å². The Balaban J connectivity index is 2.94. The minimum atomic E-state index is -4.75. The second kappa shape index (κ2) is 5.48. The lowest BCUT2D eigenvalue weighted by Gasteiger charge is -2.17. The fraction of sp³-hybridized carbons (Fsp3) is 0.500. The van der Waals surface area contributed by atoms with Crippen LogP contribution >= 0.6 is 0 Å². The number of phenols is 1. The van der Waals surface area contributed by atoms with Gasteiger partial charge in [-0.05, 0) is 30.5 Å². The van der Waals surface area contributed by atoms with Gasteiger partial charge in [0.15, 0.2) is 0 Å². The molecule has 0 bridgehead atoms. The maximum absolute atomic E-state index is 12.1. The molecule has 1 atom stereocenters. The standard InChI is InChI=1S/C12H16F3NO2/c1-7(2)5-10(16)9-6-8(3-4-11(9)17)18-12(13,14)15/h3-4,6-7,10,17H,5,16H2,1-2H3/t10-/m0/s1. The average molecular weight is 263 g/mol. The smallest absolute Gasteiger partial charge is 0.508 e. The molecule has 1 rings (SSSR count). The first-order valence-electron chi connectivity index (χ1n) is 5.53. The molecule has 0 spiro atoms. The van der Waals surface area contributed by atoms with Crippen LogP contribution in [-0.4, -0.2) is 11.5 Å². The summed E-state index contributed by atoms with van der Waals surface area (Å²) in [5, 5.41) is 9.60. The summed E-state index contributed by atoms with van der Waals surface area (Å²) in [5.74, 6) is -0.237. The fourth-order valence-electron chi connectivity index (χ4n) is 1.66. The minimum Gasteiger partial charge on any atom is -0.508 e. The lowest BCUT2D eigenvalue weighted by Crippen LogP contribution is -2.18. The third-order valence-corrected chi connectivity index (χ3v) is 2.36. The quantitative estimate of drug-likeness (QED) is 0.876. The third kappa shape index (κ3) is 4.44. The van der Waals surface area contributed by atoms with Gasteiger partial charge in [-0.3, -0.25) is 0 Å². The molecule has 0 saturated heterocycles. The topological polar surface area (TPSA) is 55.5 Å². The van der Waals surface area contributed by atoms with Gasteiger partial charge in [-0.2, -0.15) is 0 Å². The van der Waals surface area contributed by atoms with E-state index < -0.39 is 12.4 Å². The highest BCUT2D eigenvalue weighted by molar-refractivity contribution is 5.41. The first-order valence-corrected chi connectivity index (χ1v) is 5.53. The van der Waals surface area contributed by atoms with Crippen LogP contribution in [0.2, 0.25) is 0 Å². The van der Waals surface area contributed by atoms with Crippen LogP contribution in [0.3, 0.4) is 0 Å². The van der Waals surface area contributed by atoms with E-state index in [4.69, 9.17) is 5.73 Å². The molecule has 3 N–H and O–H groups in total. The van der Waals surface area contributed by atoms with E-state index >= 15 is 0 Å². The number of benzene rings is 1. The molecule has 0 aromatic heterocycles. The molecule has 6 heteroatoms. The molecule has 0 amide bonds. The van der Waals surface area contributed by atoms with Crippen molar-refractivity contribution in [1.29, 1.82) is 0 Å². The molecular weight excluding hydrogens is 247 g/mol. The summed E-state index contributed by atoms with van der Waals surface area (Å²) < 4.78 is 40.0. The Morgan fingerprint density at radius 1 is 1.33 bits per heavy atom. The summed E-state index contributed by atoms with van der Waals surface area (Å²) >= 11 is 0. The Bertz CT molecular complexity index is 405. The van der Waals surface area contributed by atoms with Crippen molar-refractivity contribution in [1.82, 2.24) is 0 Å². The summed E-state index contributed by atoms with van der Waals surface area (Å²) in [6.45, 7) is 3.87. The Labute approximate surface area is 103 Å². The van der Waals surface area contributed by atoms with Crippen LogP contribution in [0.1, 0.15) is 31.9 Å². The third-order valence-electron chi connectivity index (χ3n) is 2.36. The molecule has 0 aliphatic carbocycles. The Morgan fingerprint density at radius 3 is 2.44 bits per heavy atom. The molecule has 0 aliphatic heterocycles. The van der Waals surface area contributed by atoms with Crippen LogP contribution < -0.4 is 10.5 Å². The van der Waals surface area contributed by atoms with Gasteiger partial charge in [0.25, 0.3) is 0 Å². The molecule has 0 saturated carbocycles. The molecule has 0 aliphatic rings. The molecule has 1 aromatic rings. The van der Waals surface area contributed by atoms with E-state index in [1.165, 1.54) is 0 Å². The molecule has 0 fully saturated rings. The number of halogens is 3. The van der Waals surface area contributed by atoms with Crippen molar-refractivity contribution in [3.8, 4) is 11.5 Å². The maximum atomic E-state index is 12.1. The van der Waals surface area contributed by atoms with Crippen molar-refractivity contribution >= 4 is 0 Å². The summed E-state index contributed by atoms with van der Waals surface area (Å²) in [7, 11) is 0. The van der Waals surface area contributed by atoms with Crippen LogP contribution in [0, 0.1) is 5.92 Å².